The van der Waals surface area contributed by atoms with Crippen molar-refractivity contribution in [2.45, 2.75) is 27.3 Å². The monoisotopic (exact) mass is 396 g/mol. The molecular formula is C23H28N2O4. The van der Waals surface area contributed by atoms with Gasteiger partial charge in [0, 0.05) is 30.4 Å². The number of fused-ring (bicyclic) bond motifs is 1. The van der Waals surface area contributed by atoms with E-state index in [0.29, 0.717) is 55.7 Å². The topological polar surface area (TPSA) is 61.7 Å². The molecule has 0 aliphatic heterocycles. The summed E-state index contributed by atoms with van der Waals surface area (Å²) in [7, 11) is 0. The van der Waals surface area contributed by atoms with Gasteiger partial charge in [-0.1, -0.05) is 18.2 Å². The molecule has 0 saturated carbocycles. The Morgan fingerprint density at radius 1 is 0.931 bits per heavy atom. The normalized spacial score (nSPS) is 10.7. The van der Waals surface area contributed by atoms with Crippen molar-refractivity contribution >= 4 is 16.8 Å². The van der Waals surface area contributed by atoms with Gasteiger partial charge in [-0.25, -0.2) is 0 Å². The van der Waals surface area contributed by atoms with Crippen molar-refractivity contribution in [3.8, 4) is 17.2 Å². The number of carbonyl (C=O) groups excluding carboxylic acids is 1. The highest BCUT2D eigenvalue weighted by molar-refractivity contribution is 5.95. The highest BCUT2D eigenvalue weighted by Gasteiger charge is 2.18. The maximum absolute atomic E-state index is 12.7. The molecule has 0 aliphatic rings. The molecule has 2 aromatic carbocycles. The van der Waals surface area contributed by atoms with Gasteiger partial charge in [-0.3, -0.25) is 4.79 Å². The Hall–Kier alpha value is -3.15. The number of nitrogens with zero attached hydrogens (tertiary/aromatic N) is 1. The summed E-state index contributed by atoms with van der Waals surface area (Å²) in [5.74, 6) is 1.39. The van der Waals surface area contributed by atoms with E-state index in [0.717, 1.165) is 5.52 Å². The first kappa shape index (κ1) is 20.6. The molecule has 0 bridgehead atoms. The summed E-state index contributed by atoms with van der Waals surface area (Å²) in [5, 5.41) is 4.17. The minimum absolute atomic E-state index is 0.175. The van der Waals surface area contributed by atoms with Crippen molar-refractivity contribution in [2.75, 3.05) is 26.4 Å². The summed E-state index contributed by atoms with van der Waals surface area (Å²) < 4.78 is 19.2. The molecule has 0 saturated heterocycles. The predicted molar refractivity (Wildman–Crippen MR) is 114 cm³/mol. The Balaban J connectivity index is 1.73. The van der Waals surface area contributed by atoms with E-state index >= 15 is 0 Å². The summed E-state index contributed by atoms with van der Waals surface area (Å²) in [4.78, 5) is 12.7. The van der Waals surface area contributed by atoms with Crippen molar-refractivity contribution < 1.29 is 19.0 Å². The zero-order chi connectivity index (χ0) is 20.6. The van der Waals surface area contributed by atoms with Crippen molar-refractivity contribution in [1.82, 2.24) is 9.88 Å². The molecule has 1 aromatic heterocycles. The predicted octanol–water partition coefficient (Wildman–Crippen LogP) is 4.27. The number of carbonyl (C=O) groups is 1. The molecule has 6 heteroatoms. The number of amides is 1. The number of hydrogen-bond acceptors (Lipinski definition) is 4. The molecule has 0 atom stereocenters. The number of rotatable bonds is 10. The van der Waals surface area contributed by atoms with Crippen LogP contribution in [0.3, 0.4) is 0 Å². The van der Waals surface area contributed by atoms with Crippen LogP contribution in [-0.2, 0) is 6.54 Å². The smallest absolute Gasteiger partial charge is 0.251 e. The fourth-order valence-electron chi connectivity index (χ4n) is 3.25. The third-order valence-electron chi connectivity index (χ3n) is 4.49. The van der Waals surface area contributed by atoms with Crippen LogP contribution in [0.4, 0.5) is 0 Å². The molecule has 0 spiro atoms. The first-order valence-electron chi connectivity index (χ1n) is 10.1. The lowest BCUT2D eigenvalue weighted by atomic mass is 10.1. The van der Waals surface area contributed by atoms with Gasteiger partial charge in [0.1, 0.15) is 0 Å². The van der Waals surface area contributed by atoms with E-state index in [-0.39, 0.29) is 5.91 Å². The largest absolute Gasteiger partial charge is 0.490 e. The molecule has 0 radical (unpaired) electrons. The van der Waals surface area contributed by atoms with Crippen molar-refractivity contribution in [1.29, 1.82) is 0 Å². The molecule has 6 nitrogen and oxygen atoms in total. The molecular weight excluding hydrogens is 368 g/mol. The Bertz CT molecular complexity index is 937. The second-order valence-electron chi connectivity index (χ2n) is 6.42. The molecule has 1 heterocycles. The van der Waals surface area contributed by atoms with Crippen LogP contribution in [0.15, 0.2) is 48.7 Å². The first-order valence-corrected chi connectivity index (χ1v) is 10.1. The fourth-order valence-corrected chi connectivity index (χ4v) is 3.25. The lowest BCUT2D eigenvalue weighted by molar-refractivity contribution is 0.0951. The number of para-hydroxylation sites is 1. The van der Waals surface area contributed by atoms with E-state index in [9.17, 15) is 4.79 Å². The average Bonchev–Trinajstić information content (AvgIpc) is 3.13. The minimum atomic E-state index is -0.175. The SMILES string of the molecule is CCOc1cc(C(=O)NCCn2ccc3ccccc32)cc(OCC)c1OCC. The molecule has 3 rings (SSSR count). The number of nitrogens with one attached hydrogen (secondary N) is 1. The molecule has 0 fully saturated rings. The Morgan fingerprint density at radius 2 is 1.59 bits per heavy atom. The minimum Gasteiger partial charge on any atom is -0.490 e. The summed E-state index contributed by atoms with van der Waals surface area (Å²) in [6, 6.07) is 13.7. The molecule has 3 aromatic rings. The fraction of sp³-hybridized carbons (Fsp3) is 0.348. The molecule has 154 valence electrons. The van der Waals surface area contributed by atoms with Crippen molar-refractivity contribution in [2.24, 2.45) is 0 Å². The van der Waals surface area contributed by atoms with Crippen LogP contribution >= 0.6 is 0 Å². The van der Waals surface area contributed by atoms with Crippen LogP contribution in [0.5, 0.6) is 17.2 Å². The van der Waals surface area contributed by atoms with E-state index in [1.165, 1.54) is 5.39 Å². The van der Waals surface area contributed by atoms with E-state index in [2.05, 4.69) is 28.1 Å². The van der Waals surface area contributed by atoms with Gasteiger partial charge in [0.2, 0.25) is 5.75 Å². The summed E-state index contributed by atoms with van der Waals surface area (Å²) in [6.07, 6.45) is 2.04. The van der Waals surface area contributed by atoms with Crippen molar-refractivity contribution in [3.05, 3.63) is 54.2 Å². The molecule has 1 N–H and O–H groups in total. The van der Waals surface area contributed by atoms with E-state index in [4.69, 9.17) is 14.2 Å². The average molecular weight is 396 g/mol. The van der Waals surface area contributed by atoms with Gasteiger partial charge in [-0.15, -0.1) is 0 Å². The van der Waals surface area contributed by atoms with Crippen LogP contribution in [-0.4, -0.2) is 36.8 Å². The maximum atomic E-state index is 12.7. The van der Waals surface area contributed by atoms with Crippen LogP contribution < -0.4 is 19.5 Å². The van der Waals surface area contributed by atoms with Gasteiger partial charge in [-0.2, -0.15) is 0 Å². The number of ether oxygens (including phenoxy) is 3. The number of aromatic nitrogens is 1. The first-order chi connectivity index (χ1) is 14.2. The molecule has 0 aliphatic carbocycles. The summed E-state index contributed by atoms with van der Waals surface area (Å²) >= 11 is 0. The van der Waals surface area contributed by atoms with Gasteiger partial charge in [0.25, 0.3) is 5.91 Å². The quantitative estimate of drug-likeness (QED) is 0.556. The lowest BCUT2D eigenvalue weighted by Gasteiger charge is -2.17. The standard InChI is InChI=1S/C23H28N2O4/c1-4-27-20-15-18(16-21(28-5-2)22(20)29-6-3)23(26)24-12-14-25-13-11-17-9-7-8-10-19(17)25/h7-11,13,15-16H,4-6,12,14H2,1-3H3,(H,24,26). The van der Waals surface area contributed by atoms with Crippen LogP contribution in [0.1, 0.15) is 31.1 Å². The highest BCUT2D eigenvalue weighted by atomic mass is 16.5. The Labute approximate surface area is 171 Å². The second-order valence-corrected chi connectivity index (χ2v) is 6.42. The van der Waals surface area contributed by atoms with Crippen molar-refractivity contribution in [3.63, 3.8) is 0 Å². The van der Waals surface area contributed by atoms with Gasteiger partial charge < -0.3 is 24.1 Å². The van der Waals surface area contributed by atoms with E-state index in [1.54, 1.807) is 12.1 Å². The highest BCUT2D eigenvalue weighted by Crippen LogP contribution is 2.39. The van der Waals surface area contributed by atoms with Crippen LogP contribution in [0, 0.1) is 0 Å². The van der Waals surface area contributed by atoms with Gasteiger partial charge >= 0.3 is 0 Å². The molecule has 0 unspecified atom stereocenters. The Kier molecular flexibility index (Phi) is 7.00. The number of hydrogen-bond donors (Lipinski definition) is 1. The lowest BCUT2D eigenvalue weighted by Crippen LogP contribution is -2.27. The third kappa shape index (κ3) is 4.83. The summed E-state index contributed by atoms with van der Waals surface area (Å²) in [6.45, 7) is 8.31. The van der Waals surface area contributed by atoms with Gasteiger partial charge in [0.15, 0.2) is 11.5 Å². The third-order valence-corrected chi connectivity index (χ3v) is 4.49. The molecule has 1 amide bonds. The maximum Gasteiger partial charge on any atom is 0.251 e. The van der Waals surface area contributed by atoms with Crippen LogP contribution in [0.25, 0.3) is 10.9 Å². The van der Waals surface area contributed by atoms with Gasteiger partial charge in [0.05, 0.1) is 19.8 Å². The second kappa shape index (κ2) is 9.87. The summed E-state index contributed by atoms with van der Waals surface area (Å²) in [5.41, 5.74) is 1.64. The van der Waals surface area contributed by atoms with E-state index < -0.39 is 0 Å². The molecule has 29 heavy (non-hydrogen) atoms. The van der Waals surface area contributed by atoms with E-state index in [1.807, 2.05) is 39.1 Å². The zero-order valence-corrected chi connectivity index (χ0v) is 17.2. The van der Waals surface area contributed by atoms with Gasteiger partial charge in [-0.05, 0) is 50.4 Å². The Morgan fingerprint density at radius 3 is 2.24 bits per heavy atom. The number of benzene rings is 2. The zero-order valence-electron chi connectivity index (χ0n) is 17.2. The van der Waals surface area contributed by atoms with Crippen LogP contribution in [0.2, 0.25) is 0 Å².